The van der Waals surface area contributed by atoms with E-state index in [0.717, 1.165) is 32.5 Å². The van der Waals surface area contributed by atoms with Gasteiger partial charge < -0.3 is 4.74 Å². The highest BCUT2D eigenvalue weighted by Gasteiger charge is 2.49. The van der Waals surface area contributed by atoms with Crippen LogP contribution >= 0.6 is 0 Å². The quantitative estimate of drug-likeness (QED) is 0.650. The fourth-order valence-electron chi connectivity index (χ4n) is 2.02. The van der Waals surface area contributed by atoms with Crippen LogP contribution in [0.15, 0.2) is 0 Å². The number of likely N-dealkylation sites (tertiary alicyclic amines) is 1. The van der Waals surface area contributed by atoms with Gasteiger partial charge in [-0.05, 0) is 19.8 Å². The summed E-state index contributed by atoms with van der Waals surface area (Å²) in [4.78, 5) is 2.32. The van der Waals surface area contributed by atoms with E-state index in [1.807, 2.05) is 0 Å². The van der Waals surface area contributed by atoms with Gasteiger partial charge in [-0.25, -0.2) is 0 Å². The zero-order valence-corrected chi connectivity index (χ0v) is 8.34. The van der Waals surface area contributed by atoms with Crippen molar-refractivity contribution in [3.05, 3.63) is 0 Å². The number of hydrogen-bond acceptors (Lipinski definition) is 3. The highest BCUT2D eigenvalue weighted by atomic mass is 16.5. The molecule has 2 rings (SSSR count). The Kier molecular flexibility index (Phi) is 1.86. The second-order valence-electron chi connectivity index (χ2n) is 4.69. The van der Waals surface area contributed by atoms with Crippen molar-refractivity contribution in [1.29, 1.82) is 5.26 Å². The molecular formula is C10H16N2O. The number of methoxy groups -OCH3 is 1. The van der Waals surface area contributed by atoms with E-state index in [4.69, 9.17) is 10.00 Å². The summed E-state index contributed by atoms with van der Waals surface area (Å²) >= 11 is 0. The predicted molar refractivity (Wildman–Crippen MR) is 49.1 cm³/mol. The number of nitrogens with zero attached hydrogens (tertiary/aromatic N) is 2. The Bertz CT molecular complexity index is 246. The number of rotatable bonds is 3. The van der Waals surface area contributed by atoms with Crippen LogP contribution in [0.4, 0.5) is 0 Å². The minimum absolute atomic E-state index is 0.00900. The third-order valence-electron chi connectivity index (χ3n) is 3.23. The molecule has 1 aliphatic heterocycles. The molecule has 0 amide bonds. The lowest BCUT2D eigenvalue weighted by atomic mass is 9.94. The van der Waals surface area contributed by atoms with Crippen LogP contribution in [0.3, 0.4) is 0 Å². The molecule has 2 aliphatic rings. The van der Waals surface area contributed by atoms with Crippen molar-refractivity contribution in [3.8, 4) is 6.07 Å². The molecule has 1 aliphatic carbocycles. The van der Waals surface area contributed by atoms with E-state index in [0.29, 0.717) is 0 Å². The molecule has 0 radical (unpaired) electrons. The smallest absolute Gasteiger partial charge is 0.0903 e. The largest absolute Gasteiger partial charge is 0.376 e. The minimum Gasteiger partial charge on any atom is -0.376 e. The number of nitriles is 1. The maximum absolute atomic E-state index is 8.90. The lowest BCUT2D eigenvalue weighted by Crippen LogP contribution is -2.61. The first-order valence-corrected chi connectivity index (χ1v) is 4.80. The van der Waals surface area contributed by atoms with E-state index < -0.39 is 0 Å². The topological polar surface area (TPSA) is 36.3 Å². The van der Waals surface area contributed by atoms with Gasteiger partial charge in [-0.2, -0.15) is 5.26 Å². The molecule has 0 aromatic carbocycles. The van der Waals surface area contributed by atoms with Crippen molar-refractivity contribution in [3.63, 3.8) is 0 Å². The molecule has 3 heteroatoms. The highest BCUT2D eigenvalue weighted by molar-refractivity contribution is 5.13. The maximum atomic E-state index is 8.90. The molecule has 72 valence electrons. The van der Waals surface area contributed by atoms with Gasteiger partial charge in [-0.3, -0.25) is 4.90 Å². The van der Waals surface area contributed by atoms with Crippen LogP contribution in [0, 0.1) is 16.7 Å². The Hall–Kier alpha value is -0.590. The average molecular weight is 180 g/mol. The van der Waals surface area contributed by atoms with Gasteiger partial charge in [0.25, 0.3) is 0 Å². The Morgan fingerprint density at radius 2 is 2.08 bits per heavy atom. The third-order valence-corrected chi connectivity index (χ3v) is 3.23. The SMILES string of the molecule is COC1(C)CN(CC2(C#N)CC2)C1. The van der Waals surface area contributed by atoms with Gasteiger partial charge in [0, 0.05) is 26.7 Å². The van der Waals surface area contributed by atoms with Crippen molar-refractivity contribution in [2.24, 2.45) is 5.41 Å². The van der Waals surface area contributed by atoms with Crippen LogP contribution in [0.2, 0.25) is 0 Å². The van der Waals surface area contributed by atoms with Gasteiger partial charge in [0.2, 0.25) is 0 Å². The monoisotopic (exact) mass is 180 g/mol. The molecule has 0 bridgehead atoms. The lowest BCUT2D eigenvalue weighted by Gasteiger charge is -2.47. The number of hydrogen-bond donors (Lipinski definition) is 0. The Labute approximate surface area is 79.3 Å². The van der Waals surface area contributed by atoms with Gasteiger partial charge in [0.1, 0.15) is 0 Å². The van der Waals surface area contributed by atoms with E-state index in [-0.39, 0.29) is 11.0 Å². The van der Waals surface area contributed by atoms with Crippen molar-refractivity contribution < 1.29 is 4.74 Å². The molecule has 0 atom stereocenters. The van der Waals surface area contributed by atoms with Crippen molar-refractivity contribution >= 4 is 0 Å². The fraction of sp³-hybridized carbons (Fsp3) is 0.900. The first kappa shape index (κ1) is 8.98. The number of ether oxygens (including phenoxy) is 1. The summed E-state index contributed by atoms with van der Waals surface area (Å²) in [5.74, 6) is 0. The van der Waals surface area contributed by atoms with Crippen molar-refractivity contribution in [2.45, 2.75) is 25.4 Å². The summed E-state index contributed by atoms with van der Waals surface area (Å²) < 4.78 is 5.35. The van der Waals surface area contributed by atoms with E-state index in [1.165, 1.54) is 0 Å². The summed E-state index contributed by atoms with van der Waals surface area (Å²) in [6, 6.07) is 2.41. The summed E-state index contributed by atoms with van der Waals surface area (Å²) in [6.07, 6.45) is 2.17. The van der Waals surface area contributed by atoms with Gasteiger partial charge in [0.05, 0.1) is 17.1 Å². The molecule has 0 aromatic heterocycles. The van der Waals surface area contributed by atoms with Crippen LogP contribution in [-0.2, 0) is 4.74 Å². The van der Waals surface area contributed by atoms with Gasteiger partial charge in [0.15, 0.2) is 0 Å². The molecule has 0 unspecified atom stereocenters. The fourth-order valence-corrected chi connectivity index (χ4v) is 2.02. The minimum atomic E-state index is 0.00900. The normalized spacial score (nSPS) is 29.0. The molecule has 0 N–H and O–H groups in total. The zero-order chi connectivity index (χ0) is 9.53. The van der Waals surface area contributed by atoms with Gasteiger partial charge in [-0.15, -0.1) is 0 Å². The van der Waals surface area contributed by atoms with E-state index in [2.05, 4.69) is 17.9 Å². The second kappa shape index (κ2) is 2.70. The van der Waals surface area contributed by atoms with Gasteiger partial charge in [-0.1, -0.05) is 0 Å². The zero-order valence-electron chi connectivity index (χ0n) is 8.34. The van der Waals surface area contributed by atoms with Crippen molar-refractivity contribution in [1.82, 2.24) is 4.90 Å². The van der Waals surface area contributed by atoms with Crippen molar-refractivity contribution in [2.75, 3.05) is 26.7 Å². The third kappa shape index (κ3) is 1.56. The Morgan fingerprint density at radius 1 is 1.46 bits per heavy atom. The standard InChI is InChI=1S/C10H16N2O/c1-9(13-2)6-12(7-9)8-10(5-11)3-4-10/h3-4,6-8H2,1-2H3. The van der Waals surface area contributed by atoms with Crippen LogP contribution < -0.4 is 0 Å². The first-order valence-electron chi connectivity index (χ1n) is 4.80. The summed E-state index contributed by atoms with van der Waals surface area (Å²) in [6.45, 7) is 5.03. The molecular weight excluding hydrogens is 164 g/mol. The molecule has 1 saturated heterocycles. The molecule has 1 heterocycles. The first-order chi connectivity index (χ1) is 6.11. The molecule has 3 nitrogen and oxygen atoms in total. The van der Waals surface area contributed by atoms with E-state index in [9.17, 15) is 0 Å². The summed E-state index contributed by atoms with van der Waals surface area (Å²) in [5.41, 5.74) is 0.0562. The van der Waals surface area contributed by atoms with Crippen LogP contribution in [-0.4, -0.2) is 37.2 Å². The highest BCUT2D eigenvalue weighted by Crippen LogP contribution is 2.46. The predicted octanol–water partition coefficient (Wildman–Crippen LogP) is 1.01. The average Bonchev–Trinajstić information content (AvgIpc) is 2.83. The van der Waals surface area contributed by atoms with E-state index in [1.54, 1.807) is 7.11 Å². The summed E-state index contributed by atoms with van der Waals surface area (Å²) in [5, 5.41) is 8.90. The molecule has 1 saturated carbocycles. The Balaban J connectivity index is 1.79. The summed E-state index contributed by atoms with van der Waals surface area (Å²) in [7, 11) is 1.76. The molecule has 2 fully saturated rings. The van der Waals surface area contributed by atoms with E-state index >= 15 is 0 Å². The molecule has 0 spiro atoms. The second-order valence-corrected chi connectivity index (χ2v) is 4.69. The van der Waals surface area contributed by atoms with Crippen LogP contribution in [0.5, 0.6) is 0 Å². The van der Waals surface area contributed by atoms with Crippen LogP contribution in [0.25, 0.3) is 0 Å². The van der Waals surface area contributed by atoms with Gasteiger partial charge >= 0.3 is 0 Å². The molecule has 0 aromatic rings. The lowest BCUT2D eigenvalue weighted by molar-refractivity contribution is -0.114. The Morgan fingerprint density at radius 3 is 2.46 bits per heavy atom. The molecule has 13 heavy (non-hydrogen) atoms. The van der Waals surface area contributed by atoms with Crippen LogP contribution in [0.1, 0.15) is 19.8 Å². The maximum Gasteiger partial charge on any atom is 0.0903 e.